The van der Waals surface area contributed by atoms with Gasteiger partial charge in [-0.1, -0.05) is 12.1 Å². The maximum atomic E-state index is 12.3. The lowest BCUT2D eigenvalue weighted by molar-refractivity contribution is 0.0580. The van der Waals surface area contributed by atoms with Crippen molar-refractivity contribution in [2.24, 2.45) is 5.73 Å². The molecule has 5 nitrogen and oxygen atoms in total. The third-order valence-electron chi connectivity index (χ3n) is 3.26. The molecule has 0 aliphatic carbocycles. The van der Waals surface area contributed by atoms with Gasteiger partial charge in [0.25, 0.3) is 0 Å². The molecular weight excluding hydrogens is 254 g/mol. The highest BCUT2D eigenvalue weighted by Gasteiger charge is 2.30. The molecule has 1 aromatic rings. The van der Waals surface area contributed by atoms with Crippen LogP contribution in [0.25, 0.3) is 0 Å². The summed E-state index contributed by atoms with van der Waals surface area (Å²) in [4.78, 5) is 16.2. The SMILES string of the molecule is CN1CCN(C(=O)OC(C)(C)C)c2cccc(CN)c21. The van der Waals surface area contributed by atoms with Gasteiger partial charge in [-0.2, -0.15) is 0 Å². The minimum atomic E-state index is -0.494. The molecule has 1 aromatic carbocycles. The van der Waals surface area contributed by atoms with Gasteiger partial charge in [-0.15, -0.1) is 0 Å². The van der Waals surface area contributed by atoms with Gasteiger partial charge in [0.1, 0.15) is 5.60 Å². The Hall–Kier alpha value is -1.75. The first kappa shape index (κ1) is 14.7. The maximum Gasteiger partial charge on any atom is 0.414 e. The number of rotatable bonds is 1. The summed E-state index contributed by atoms with van der Waals surface area (Å²) < 4.78 is 5.48. The Kier molecular flexibility index (Phi) is 3.90. The normalized spacial score (nSPS) is 15.1. The number of anilines is 2. The van der Waals surface area contributed by atoms with Crippen molar-refractivity contribution in [3.8, 4) is 0 Å². The van der Waals surface area contributed by atoms with Crippen LogP contribution in [0.4, 0.5) is 16.2 Å². The number of para-hydroxylation sites is 1. The highest BCUT2D eigenvalue weighted by Crippen LogP contribution is 2.36. The van der Waals surface area contributed by atoms with Crippen molar-refractivity contribution in [3.63, 3.8) is 0 Å². The number of hydrogen-bond acceptors (Lipinski definition) is 4. The molecule has 0 radical (unpaired) electrons. The Morgan fingerprint density at radius 3 is 2.65 bits per heavy atom. The Morgan fingerprint density at radius 1 is 1.35 bits per heavy atom. The maximum absolute atomic E-state index is 12.3. The number of carbonyl (C=O) groups is 1. The highest BCUT2D eigenvalue weighted by molar-refractivity contribution is 5.94. The minimum absolute atomic E-state index is 0.305. The number of fused-ring (bicyclic) bond motifs is 1. The minimum Gasteiger partial charge on any atom is -0.443 e. The molecule has 1 aliphatic heterocycles. The van der Waals surface area contributed by atoms with Crippen molar-refractivity contribution in [1.82, 2.24) is 0 Å². The molecule has 0 unspecified atom stereocenters. The zero-order valence-corrected chi connectivity index (χ0v) is 12.6. The molecule has 1 amide bonds. The average Bonchev–Trinajstić information content (AvgIpc) is 2.36. The quantitative estimate of drug-likeness (QED) is 0.856. The number of amides is 1. The summed E-state index contributed by atoms with van der Waals surface area (Å²) in [6, 6.07) is 5.86. The monoisotopic (exact) mass is 277 g/mol. The second-order valence-electron chi connectivity index (χ2n) is 6.04. The molecule has 0 saturated carbocycles. The number of hydrogen-bond donors (Lipinski definition) is 1. The standard InChI is InChI=1S/C15H23N3O2/c1-15(2,3)20-14(19)18-9-8-17(4)13-11(10-16)6-5-7-12(13)18/h5-7H,8-10,16H2,1-4H3. The Morgan fingerprint density at radius 2 is 2.05 bits per heavy atom. The van der Waals surface area contributed by atoms with E-state index in [2.05, 4.69) is 4.90 Å². The van der Waals surface area contributed by atoms with Gasteiger partial charge in [0.05, 0.1) is 11.4 Å². The molecule has 1 heterocycles. The van der Waals surface area contributed by atoms with Crippen LogP contribution in [0.1, 0.15) is 26.3 Å². The number of benzene rings is 1. The van der Waals surface area contributed by atoms with Crippen LogP contribution in [0.2, 0.25) is 0 Å². The fourth-order valence-corrected chi connectivity index (χ4v) is 2.39. The molecule has 1 aliphatic rings. The van der Waals surface area contributed by atoms with E-state index < -0.39 is 5.60 Å². The molecule has 0 fully saturated rings. The number of nitrogens with two attached hydrogens (primary N) is 1. The number of carbonyl (C=O) groups excluding carboxylic acids is 1. The van der Waals surface area contributed by atoms with Crippen molar-refractivity contribution < 1.29 is 9.53 Å². The smallest absolute Gasteiger partial charge is 0.414 e. The molecule has 2 N–H and O–H groups in total. The summed E-state index contributed by atoms with van der Waals surface area (Å²) >= 11 is 0. The second kappa shape index (κ2) is 5.32. The van der Waals surface area contributed by atoms with Gasteiger partial charge >= 0.3 is 6.09 Å². The second-order valence-corrected chi connectivity index (χ2v) is 6.04. The van der Waals surface area contributed by atoms with Gasteiger partial charge in [-0.3, -0.25) is 4.90 Å². The molecule has 0 saturated heterocycles. The van der Waals surface area contributed by atoms with Crippen molar-refractivity contribution in [2.75, 3.05) is 29.9 Å². The predicted molar refractivity (Wildman–Crippen MR) is 81.2 cm³/mol. The van der Waals surface area contributed by atoms with Crippen LogP contribution in [-0.2, 0) is 11.3 Å². The van der Waals surface area contributed by atoms with Crippen LogP contribution in [0.5, 0.6) is 0 Å². The van der Waals surface area contributed by atoms with E-state index in [4.69, 9.17) is 10.5 Å². The molecular formula is C15H23N3O2. The highest BCUT2D eigenvalue weighted by atomic mass is 16.6. The van der Waals surface area contributed by atoms with Gasteiger partial charge in [0.2, 0.25) is 0 Å². The molecule has 110 valence electrons. The van der Waals surface area contributed by atoms with Crippen molar-refractivity contribution >= 4 is 17.5 Å². The Balaban J connectivity index is 2.37. The molecule has 2 rings (SSSR count). The lowest BCUT2D eigenvalue weighted by Gasteiger charge is -2.37. The van der Waals surface area contributed by atoms with E-state index in [0.29, 0.717) is 13.1 Å². The van der Waals surface area contributed by atoms with Crippen molar-refractivity contribution in [2.45, 2.75) is 32.9 Å². The van der Waals surface area contributed by atoms with E-state index in [9.17, 15) is 4.79 Å². The fraction of sp³-hybridized carbons (Fsp3) is 0.533. The van der Waals surface area contributed by atoms with E-state index in [-0.39, 0.29) is 6.09 Å². The van der Waals surface area contributed by atoms with Gasteiger partial charge in [-0.05, 0) is 32.4 Å². The van der Waals surface area contributed by atoms with Crippen LogP contribution in [0.3, 0.4) is 0 Å². The van der Waals surface area contributed by atoms with E-state index in [1.807, 2.05) is 46.0 Å². The van der Waals surface area contributed by atoms with Crippen LogP contribution in [-0.4, -0.2) is 31.8 Å². The number of ether oxygens (including phenoxy) is 1. The first-order valence-electron chi connectivity index (χ1n) is 6.87. The van der Waals surface area contributed by atoms with Crippen LogP contribution in [0.15, 0.2) is 18.2 Å². The summed E-state index contributed by atoms with van der Waals surface area (Å²) in [5, 5.41) is 0. The zero-order chi connectivity index (χ0) is 14.9. The van der Waals surface area contributed by atoms with E-state index in [1.54, 1.807) is 4.90 Å². The first-order chi connectivity index (χ1) is 9.33. The van der Waals surface area contributed by atoms with E-state index in [1.165, 1.54) is 0 Å². The summed E-state index contributed by atoms with van der Waals surface area (Å²) in [5.41, 5.74) is 8.24. The summed E-state index contributed by atoms with van der Waals surface area (Å²) in [6.45, 7) is 7.46. The summed E-state index contributed by atoms with van der Waals surface area (Å²) in [5.74, 6) is 0. The van der Waals surface area contributed by atoms with Crippen LogP contribution >= 0.6 is 0 Å². The Labute approximate surface area is 120 Å². The fourth-order valence-electron chi connectivity index (χ4n) is 2.39. The topological polar surface area (TPSA) is 58.8 Å². The predicted octanol–water partition coefficient (Wildman–Crippen LogP) is 2.34. The summed E-state index contributed by atoms with van der Waals surface area (Å²) in [6.07, 6.45) is -0.305. The molecule has 5 heteroatoms. The summed E-state index contributed by atoms with van der Waals surface area (Å²) in [7, 11) is 2.02. The first-order valence-corrected chi connectivity index (χ1v) is 6.87. The van der Waals surface area contributed by atoms with Gasteiger partial charge in [0.15, 0.2) is 0 Å². The molecule has 0 bridgehead atoms. The third kappa shape index (κ3) is 2.88. The van der Waals surface area contributed by atoms with E-state index >= 15 is 0 Å². The van der Waals surface area contributed by atoms with Crippen LogP contribution < -0.4 is 15.5 Å². The molecule has 20 heavy (non-hydrogen) atoms. The lowest BCUT2D eigenvalue weighted by Crippen LogP contribution is -2.45. The van der Waals surface area contributed by atoms with Crippen LogP contribution in [0, 0.1) is 0 Å². The average molecular weight is 277 g/mol. The zero-order valence-electron chi connectivity index (χ0n) is 12.6. The number of nitrogens with zero attached hydrogens (tertiary/aromatic N) is 2. The lowest BCUT2D eigenvalue weighted by atomic mass is 10.1. The Bertz CT molecular complexity index is 508. The largest absolute Gasteiger partial charge is 0.443 e. The van der Waals surface area contributed by atoms with Gasteiger partial charge in [-0.25, -0.2) is 4.79 Å². The van der Waals surface area contributed by atoms with Gasteiger partial charge < -0.3 is 15.4 Å². The van der Waals surface area contributed by atoms with E-state index in [0.717, 1.165) is 23.5 Å². The molecule has 0 spiro atoms. The molecule has 0 aromatic heterocycles. The van der Waals surface area contributed by atoms with Crippen molar-refractivity contribution in [1.29, 1.82) is 0 Å². The van der Waals surface area contributed by atoms with Crippen molar-refractivity contribution in [3.05, 3.63) is 23.8 Å². The molecule has 0 atom stereocenters. The van der Waals surface area contributed by atoms with Gasteiger partial charge in [0, 0.05) is 26.7 Å². The number of likely N-dealkylation sites (N-methyl/N-ethyl adjacent to an activating group) is 1. The third-order valence-corrected chi connectivity index (χ3v) is 3.26.